The van der Waals surface area contributed by atoms with Crippen LogP contribution < -0.4 is 20.3 Å². The van der Waals surface area contributed by atoms with Gasteiger partial charge in [0.05, 0.1) is 35.7 Å². The zero-order valence-electron chi connectivity index (χ0n) is 41.2. The zero-order chi connectivity index (χ0) is 54.0. The normalized spacial score (nSPS) is 14.5. The van der Waals surface area contributed by atoms with Crippen LogP contribution >= 0.6 is 53.8 Å². The molecule has 0 spiro atoms. The molecule has 2 aliphatic rings. The number of ether oxygens (including phenoxy) is 3. The molecule has 22 heteroatoms. The molecule has 4 N–H and O–H groups in total. The highest BCUT2D eigenvalue weighted by Gasteiger charge is 2.41. The van der Waals surface area contributed by atoms with Crippen molar-refractivity contribution < 1.29 is 61.9 Å². The lowest BCUT2D eigenvalue weighted by atomic mass is 9.93. The molecule has 16 nitrogen and oxygen atoms in total. The van der Waals surface area contributed by atoms with Gasteiger partial charge in [-0.1, -0.05) is 91.8 Å². The fourth-order valence-corrected chi connectivity index (χ4v) is 8.37. The van der Waals surface area contributed by atoms with Crippen molar-refractivity contribution in [1.82, 2.24) is 4.90 Å². The minimum absolute atomic E-state index is 0.000883. The lowest BCUT2D eigenvalue weighted by Gasteiger charge is -2.31. The van der Waals surface area contributed by atoms with Crippen molar-refractivity contribution in [3.63, 3.8) is 0 Å². The molecule has 0 aromatic heterocycles. The maximum atomic E-state index is 14.5. The first-order valence-corrected chi connectivity index (χ1v) is 26.9. The highest BCUT2D eigenvalue weighted by atomic mass is 35.5. The van der Waals surface area contributed by atoms with Gasteiger partial charge in [-0.05, 0) is 76.0 Å². The van der Waals surface area contributed by atoms with Gasteiger partial charge in [0, 0.05) is 50.2 Å². The Morgan fingerprint density at radius 1 is 1.03 bits per heavy atom. The van der Waals surface area contributed by atoms with E-state index in [4.69, 9.17) is 76.3 Å². The number of unbranched alkanes of at least 4 members (excludes halogenated alkanes) is 2. The third kappa shape index (κ3) is 21.7. The smallest absolute Gasteiger partial charge is 0.344 e. The lowest BCUT2D eigenvalue weighted by molar-refractivity contribution is -0.146. The SMILES string of the molecule is C=CCN(CC=C)C(=O)C(Cl)Cl.CCCCCOC(=O)COc1cc(N2C(=O)C3=C(CCCC3)C2=O)c(F)cc1Cl.CCc1cccc(C)c1N(C(=O)CCl)C(C)COC.CP(=O)(O)CCC(N)C(=O)O. The Morgan fingerprint density at radius 2 is 1.62 bits per heavy atom. The van der Waals surface area contributed by atoms with E-state index < -0.39 is 54.4 Å². The minimum Gasteiger partial charge on any atom is -0.480 e. The molecule has 1 aliphatic heterocycles. The first-order valence-electron chi connectivity index (χ1n) is 22.9. The van der Waals surface area contributed by atoms with Crippen molar-refractivity contribution in [2.24, 2.45) is 5.73 Å². The monoisotopic (exact) mass is 1090 g/mol. The first kappa shape index (κ1) is 64.7. The van der Waals surface area contributed by atoms with Crippen molar-refractivity contribution in [2.75, 3.05) is 68.5 Å². The number of alkyl halides is 3. The van der Waals surface area contributed by atoms with Gasteiger partial charge in [-0.2, -0.15) is 0 Å². The third-order valence-electron chi connectivity index (χ3n) is 10.5. The van der Waals surface area contributed by atoms with Gasteiger partial charge in [0.25, 0.3) is 17.7 Å². The van der Waals surface area contributed by atoms with Crippen LogP contribution in [0.3, 0.4) is 0 Å². The second kappa shape index (κ2) is 33.4. The molecule has 3 atom stereocenters. The summed E-state index contributed by atoms with van der Waals surface area (Å²) in [5.41, 5.74) is 8.98. The predicted octanol–water partition coefficient (Wildman–Crippen LogP) is 9.18. The van der Waals surface area contributed by atoms with Crippen molar-refractivity contribution in [3.05, 3.63) is 88.8 Å². The van der Waals surface area contributed by atoms with Crippen molar-refractivity contribution in [1.29, 1.82) is 0 Å². The van der Waals surface area contributed by atoms with Gasteiger partial charge in [0.1, 0.15) is 23.5 Å². The van der Waals surface area contributed by atoms with E-state index in [-0.39, 0.29) is 52.8 Å². The number of carbonyl (C=O) groups is 6. The van der Waals surface area contributed by atoms with E-state index >= 15 is 0 Å². The number of hydrogen-bond acceptors (Lipinski definition) is 11. The summed E-state index contributed by atoms with van der Waals surface area (Å²) in [4.78, 5) is 82.4. The topological polar surface area (TPSA) is 223 Å². The Bertz CT molecular complexity index is 2190. The summed E-state index contributed by atoms with van der Waals surface area (Å²) in [6, 6.07) is 7.16. The molecule has 0 bridgehead atoms. The summed E-state index contributed by atoms with van der Waals surface area (Å²) in [6.07, 6.45) is 9.49. The van der Waals surface area contributed by atoms with Crippen LogP contribution in [0, 0.1) is 12.7 Å². The van der Waals surface area contributed by atoms with Gasteiger partial charge in [-0.3, -0.25) is 28.5 Å². The highest BCUT2D eigenvalue weighted by Crippen LogP contribution is 2.40. The van der Waals surface area contributed by atoms with Crippen LogP contribution in [0.1, 0.15) is 83.3 Å². The third-order valence-corrected chi connectivity index (χ3v) is 12.5. The average Bonchev–Trinajstić information content (AvgIpc) is 3.57. The summed E-state index contributed by atoms with van der Waals surface area (Å²) in [5, 5.41) is 8.21. The Balaban J connectivity index is 0.000000517. The van der Waals surface area contributed by atoms with E-state index in [0.717, 1.165) is 66.3 Å². The van der Waals surface area contributed by atoms with E-state index in [0.29, 0.717) is 50.3 Å². The molecule has 0 radical (unpaired) electrons. The maximum Gasteiger partial charge on any atom is 0.344 e. The zero-order valence-corrected chi connectivity index (χ0v) is 45.2. The number of amides is 4. The molecule has 3 unspecified atom stereocenters. The molecule has 0 saturated heterocycles. The van der Waals surface area contributed by atoms with Gasteiger partial charge in [-0.25, -0.2) is 14.1 Å². The highest BCUT2D eigenvalue weighted by molar-refractivity contribution is 7.57. The van der Waals surface area contributed by atoms with Gasteiger partial charge in [-0.15, -0.1) is 24.8 Å². The quantitative estimate of drug-likeness (QED) is 0.0236. The number of carbonyl (C=O) groups excluding carboxylic acids is 5. The number of anilines is 2. The number of hydrogen-bond donors (Lipinski definition) is 3. The number of aryl methyl sites for hydroxylation is 2. The second-order valence-electron chi connectivity index (χ2n) is 16.3. The summed E-state index contributed by atoms with van der Waals surface area (Å²) in [6.45, 7) is 17.6. The number of para-hydroxylation sites is 1. The molecule has 1 aliphatic carbocycles. The number of benzene rings is 2. The lowest BCUT2D eigenvalue weighted by Crippen LogP contribution is -2.43. The number of nitrogens with zero attached hydrogens (tertiary/aromatic N) is 3. The Labute approximate surface area is 436 Å². The first-order chi connectivity index (χ1) is 33.5. The Kier molecular flexibility index (Phi) is 30.4. The van der Waals surface area contributed by atoms with E-state index in [1.807, 2.05) is 32.9 Å². The van der Waals surface area contributed by atoms with Crippen LogP contribution in [-0.2, 0) is 49.2 Å². The van der Waals surface area contributed by atoms with Crippen LogP contribution in [0.15, 0.2) is 66.8 Å². The molecule has 4 amide bonds. The van der Waals surface area contributed by atoms with Crippen LogP contribution in [0.25, 0.3) is 0 Å². The summed E-state index contributed by atoms with van der Waals surface area (Å²) in [5.74, 6) is -3.98. The van der Waals surface area contributed by atoms with Crippen molar-refractivity contribution in [2.45, 2.75) is 102 Å². The fourth-order valence-electron chi connectivity index (χ4n) is 7.00. The molecule has 71 heavy (non-hydrogen) atoms. The van der Waals surface area contributed by atoms with E-state index in [9.17, 15) is 37.7 Å². The van der Waals surface area contributed by atoms with Crippen LogP contribution in [0.2, 0.25) is 5.02 Å². The summed E-state index contributed by atoms with van der Waals surface area (Å²) >= 11 is 22.6. The second-order valence-corrected chi connectivity index (χ2v) is 20.6. The largest absolute Gasteiger partial charge is 0.480 e. The molecule has 1 heterocycles. The summed E-state index contributed by atoms with van der Waals surface area (Å²) in [7, 11) is -1.47. The Morgan fingerprint density at radius 3 is 2.10 bits per heavy atom. The maximum absolute atomic E-state index is 14.5. The molecular formula is C49H68Cl4FN4O12P. The summed E-state index contributed by atoms with van der Waals surface area (Å²) < 4.78 is 40.8. The minimum atomic E-state index is -3.10. The number of rotatable bonds is 23. The number of carboxylic acids is 1. The van der Waals surface area contributed by atoms with Gasteiger partial charge in [0.15, 0.2) is 18.8 Å². The number of methoxy groups -OCH3 is 1. The number of nitrogens with two attached hydrogens (primary N) is 1. The van der Waals surface area contributed by atoms with Gasteiger partial charge >= 0.3 is 11.9 Å². The standard InChI is InChI=1S/C21H23ClFNO5.C15H22ClNO2.C8H11Cl2NO.C5H12NO4P/c1-2-3-6-9-28-19(25)12-29-18-11-17(16(23)10-15(18)22)24-20(26)13-7-4-5-8-14(13)21(24)27;1-5-13-8-6-7-11(2)15(13)17(14(18)9-16)12(3)10-19-4;1-3-5-11(6-4-2)8(12)7(9)10;1-11(9,10)3-2-4(6)5(7)8/h10-11H,2-9,12H2,1H3;6-8,12H,5,9-10H2,1-4H3;3-4,7H,1-2,5-6H2;4H,2-3,6H2,1H3,(H,7,8)(H,9,10). The number of imide groups is 1. The molecule has 0 saturated carbocycles. The average molecular weight is 1100 g/mol. The molecule has 2 aromatic carbocycles. The van der Waals surface area contributed by atoms with Gasteiger partial charge in [0.2, 0.25) is 5.91 Å². The van der Waals surface area contributed by atoms with Crippen LogP contribution in [0.4, 0.5) is 15.8 Å². The number of aliphatic carboxylic acids is 1. The number of halogens is 5. The van der Waals surface area contributed by atoms with Crippen molar-refractivity contribution in [3.8, 4) is 5.75 Å². The van der Waals surface area contributed by atoms with Crippen LogP contribution in [-0.4, -0.2) is 126 Å². The molecular weight excluding hydrogens is 1030 g/mol. The predicted molar refractivity (Wildman–Crippen MR) is 279 cm³/mol. The fraction of sp³-hybridized carbons (Fsp3) is 0.510. The van der Waals surface area contributed by atoms with E-state index in [1.54, 1.807) is 24.2 Å². The molecule has 0 fully saturated rings. The van der Waals surface area contributed by atoms with Crippen molar-refractivity contribution >= 4 is 101 Å². The van der Waals surface area contributed by atoms with E-state index in [2.05, 4.69) is 26.1 Å². The number of esters is 1. The van der Waals surface area contributed by atoms with E-state index in [1.165, 1.54) is 17.6 Å². The Hall–Kier alpha value is -4.32. The number of carboxylic acid groups (broad SMARTS) is 1. The molecule has 396 valence electrons. The van der Waals surface area contributed by atoms with Crippen LogP contribution in [0.5, 0.6) is 5.75 Å². The molecule has 2 aromatic rings. The molecule has 4 rings (SSSR count). The van der Waals surface area contributed by atoms with Gasteiger partial charge < -0.3 is 39.7 Å².